The first-order chi connectivity index (χ1) is 12.9. The Kier molecular flexibility index (Phi) is 5.50. The summed E-state index contributed by atoms with van der Waals surface area (Å²) in [7, 11) is -2.35. The fraction of sp³-hybridized carbons (Fsp3) is 0.278. The number of hydrogen-bond acceptors (Lipinski definition) is 3. The predicted octanol–water partition coefficient (Wildman–Crippen LogP) is 1.87. The summed E-state index contributed by atoms with van der Waals surface area (Å²) in [6.45, 7) is 0.573. The molecule has 144 valence electrons. The number of nitrogens with zero attached hydrogens (tertiary/aromatic N) is 2. The van der Waals surface area contributed by atoms with Gasteiger partial charge in [0.25, 0.3) is 0 Å². The molecule has 2 aromatic carbocycles. The van der Waals surface area contributed by atoms with E-state index in [0.717, 1.165) is 14.2 Å². The van der Waals surface area contributed by atoms with Crippen molar-refractivity contribution in [2.45, 2.75) is 6.42 Å². The van der Waals surface area contributed by atoms with Gasteiger partial charge in [0, 0.05) is 26.2 Å². The van der Waals surface area contributed by atoms with Crippen LogP contribution in [0.4, 0.5) is 20.6 Å². The molecule has 1 aliphatic rings. The normalized spacial score (nSPS) is 14.7. The van der Waals surface area contributed by atoms with Gasteiger partial charge in [-0.3, -0.25) is 4.31 Å². The van der Waals surface area contributed by atoms with Gasteiger partial charge in [-0.05, 0) is 24.1 Å². The molecule has 0 spiro atoms. The lowest BCUT2D eigenvalue weighted by Gasteiger charge is -2.19. The molecule has 1 heterocycles. The van der Waals surface area contributed by atoms with Crippen molar-refractivity contribution in [2.24, 2.45) is 0 Å². The summed E-state index contributed by atoms with van der Waals surface area (Å²) in [5.41, 5.74) is 1.79. The van der Waals surface area contributed by atoms with Crippen LogP contribution in [0.15, 0.2) is 48.5 Å². The highest BCUT2D eigenvalue weighted by Gasteiger charge is 2.37. The summed E-state index contributed by atoms with van der Waals surface area (Å²) in [4.78, 5) is 11.9. The molecule has 0 unspecified atom stereocenters. The number of nitrogens with one attached hydrogen (secondary N) is 2. The highest BCUT2D eigenvalue weighted by molar-refractivity contribution is 7.94. The van der Waals surface area contributed by atoms with E-state index in [-0.39, 0.29) is 24.8 Å². The molecule has 0 saturated heterocycles. The minimum Gasteiger partial charge on any atom is -0.338 e. The second kappa shape index (κ2) is 7.83. The van der Waals surface area contributed by atoms with Gasteiger partial charge in [-0.15, -0.1) is 0 Å². The SMILES string of the molecule is CN1c2ccc(F)cc2N(CCNC(=O)NCCc2ccccc2)S1(=O)=O. The van der Waals surface area contributed by atoms with E-state index in [4.69, 9.17) is 0 Å². The van der Waals surface area contributed by atoms with Crippen molar-refractivity contribution in [3.05, 3.63) is 59.9 Å². The molecule has 7 nitrogen and oxygen atoms in total. The van der Waals surface area contributed by atoms with Crippen molar-refractivity contribution in [3.63, 3.8) is 0 Å². The monoisotopic (exact) mass is 392 g/mol. The number of fused-ring (bicyclic) bond motifs is 1. The maximum atomic E-state index is 13.5. The van der Waals surface area contributed by atoms with Crippen LogP contribution in [-0.2, 0) is 16.6 Å². The van der Waals surface area contributed by atoms with Gasteiger partial charge in [-0.2, -0.15) is 8.42 Å². The lowest BCUT2D eigenvalue weighted by atomic mass is 10.1. The lowest BCUT2D eigenvalue weighted by molar-refractivity contribution is 0.241. The number of carbonyl (C=O) groups excluding carboxylic acids is 1. The first-order valence-electron chi connectivity index (χ1n) is 8.51. The number of anilines is 2. The van der Waals surface area contributed by atoms with Crippen molar-refractivity contribution in [3.8, 4) is 0 Å². The number of benzene rings is 2. The number of amides is 2. The molecule has 27 heavy (non-hydrogen) atoms. The van der Waals surface area contributed by atoms with Crippen LogP contribution < -0.4 is 19.2 Å². The fourth-order valence-corrected chi connectivity index (χ4v) is 4.31. The number of halogens is 1. The number of rotatable bonds is 6. The molecule has 0 bridgehead atoms. The van der Waals surface area contributed by atoms with E-state index in [0.29, 0.717) is 18.7 Å². The Morgan fingerprint density at radius 3 is 2.48 bits per heavy atom. The van der Waals surface area contributed by atoms with E-state index >= 15 is 0 Å². The Morgan fingerprint density at radius 1 is 1.04 bits per heavy atom. The molecule has 3 rings (SSSR count). The Hall–Kier alpha value is -2.81. The Labute approximate surface area is 158 Å². The Balaban J connectivity index is 1.51. The fourth-order valence-electron chi connectivity index (χ4n) is 2.89. The second-order valence-electron chi connectivity index (χ2n) is 6.10. The highest BCUT2D eigenvalue weighted by atomic mass is 32.2. The van der Waals surface area contributed by atoms with Gasteiger partial charge in [0.15, 0.2) is 0 Å². The molecule has 0 fully saturated rings. The zero-order chi connectivity index (χ0) is 19.4. The lowest BCUT2D eigenvalue weighted by Crippen LogP contribution is -2.43. The molecule has 0 saturated carbocycles. The van der Waals surface area contributed by atoms with Gasteiger partial charge in [0.05, 0.1) is 17.9 Å². The topological polar surface area (TPSA) is 81.8 Å². The molecule has 0 atom stereocenters. The van der Waals surface area contributed by atoms with Crippen LogP contribution >= 0.6 is 0 Å². The summed E-state index contributed by atoms with van der Waals surface area (Å²) < 4.78 is 40.6. The van der Waals surface area contributed by atoms with E-state index in [2.05, 4.69) is 10.6 Å². The third kappa shape index (κ3) is 4.13. The van der Waals surface area contributed by atoms with Crippen molar-refractivity contribution in [1.82, 2.24) is 10.6 Å². The quantitative estimate of drug-likeness (QED) is 0.787. The average molecular weight is 392 g/mol. The van der Waals surface area contributed by atoms with Crippen LogP contribution in [0.1, 0.15) is 5.56 Å². The van der Waals surface area contributed by atoms with Crippen molar-refractivity contribution >= 4 is 27.6 Å². The van der Waals surface area contributed by atoms with Crippen LogP contribution in [0.5, 0.6) is 0 Å². The maximum Gasteiger partial charge on any atom is 0.326 e. The summed E-state index contributed by atoms with van der Waals surface area (Å²) >= 11 is 0. The zero-order valence-electron chi connectivity index (χ0n) is 14.9. The molecule has 2 N–H and O–H groups in total. The molecule has 9 heteroatoms. The molecular weight excluding hydrogens is 371 g/mol. The maximum absolute atomic E-state index is 13.5. The molecule has 0 aromatic heterocycles. The van der Waals surface area contributed by atoms with Gasteiger partial charge < -0.3 is 10.6 Å². The minimum atomic E-state index is -3.76. The third-order valence-electron chi connectivity index (χ3n) is 4.31. The van der Waals surface area contributed by atoms with Gasteiger partial charge in [-0.1, -0.05) is 30.3 Å². The number of urea groups is 1. The van der Waals surface area contributed by atoms with Crippen molar-refractivity contribution in [2.75, 3.05) is 35.3 Å². The largest absolute Gasteiger partial charge is 0.338 e. The van der Waals surface area contributed by atoms with E-state index in [1.54, 1.807) is 0 Å². The van der Waals surface area contributed by atoms with Crippen LogP contribution in [0.25, 0.3) is 0 Å². The van der Waals surface area contributed by atoms with E-state index in [9.17, 15) is 17.6 Å². The summed E-state index contributed by atoms with van der Waals surface area (Å²) in [5, 5.41) is 5.35. The highest BCUT2D eigenvalue weighted by Crippen LogP contribution is 2.39. The summed E-state index contributed by atoms with van der Waals surface area (Å²) in [6.07, 6.45) is 0.701. The molecule has 0 radical (unpaired) electrons. The van der Waals surface area contributed by atoms with E-state index < -0.39 is 16.0 Å². The molecular formula is C18H21FN4O3S. The summed E-state index contributed by atoms with van der Waals surface area (Å²) in [5.74, 6) is -0.518. The molecule has 0 aliphatic carbocycles. The van der Waals surface area contributed by atoms with Gasteiger partial charge in [0.2, 0.25) is 0 Å². The smallest absolute Gasteiger partial charge is 0.326 e. The average Bonchev–Trinajstić information content (AvgIpc) is 2.83. The van der Waals surface area contributed by atoms with Crippen LogP contribution in [0, 0.1) is 5.82 Å². The van der Waals surface area contributed by atoms with Gasteiger partial charge in [-0.25, -0.2) is 13.5 Å². The van der Waals surface area contributed by atoms with Gasteiger partial charge >= 0.3 is 16.2 Å². The zero-order valence-corrected chi connectivity index (χ0v) is 15.7. The number of hydrogen-bond donors (Lipinski definition) is 2. The Morgan fingerprint density at radius 2 is 1.74 bits per heavy atom. The second-order valence-corrected chi connectivity index (χ2v) is 7.98. The van der Waals surface area contributed by atoms with Gasteiger partial charge in [0.1, 0.15) is 5.82 Å². The number of carbonyl (C=O) groups is 1. The molecule has 2 aromatic rings. The van der Waals surface area contributed by atoms with E-state index in [1.807, 2.05) is 30.3 Å². The van der Waals surface area contributed by atoms with Crippen LogP contribution in [0.3, 0.4) is 0 Å². The summed E-state index contributed by atoms with van der Waals surface area (Å²) in [6, 6.07) is 13.2. The van der Waals surface area contributed by atoms with Crippen molar-refractivity contribution < 1.29 is 17.6 Å². The Bertz CT molecular complexity index is 921. The predicted molar refractivity (Wildman–Crippen MR) is 103 cm³/mol. The minimum absolute atomic E-state index is 0.00916. The first-order valence-corrected chi connectivity index (χ1v) is 9.91. The molecule has 1 aliphatic heterocycles. The first kappa shape index (κ1) is 19.0. The van der Waals surface area contributed by atoms with Crippen molar-refractivity contribution in [1.29, 1.82) is 0 Å². The third-order valence-corrected chi connectivity index (χ3v) is 6.14. The van der Waals surface area contributed by atoms with E-state index in [1.165, 1.54) is 25.2 Å². The van der Waals surface area contributed by atoms with Crippen LogP contribution in [0.2, 0.25) is 0 Å². The van der Waals surface area contributed by atoms with Crippen LogP contribution in [-0.4, -0.2) is 41.1 Å². The standard InChI is InChI=1S/C18H21FN4O3S/c1-22-16-8-7-15(19)13-17(16)23(27(22,25)26)12-11-21-18(24)20-10-9-14-5-3-2-4-6-14/h2-8,13H,9-12H2,1H3,(H2,20,21,24). The molecule has 2 amide bonds.